The summed E-state index contributed by atoms with van der Waals surface area (Å²) in [4.78, 5) is 4.08. The van der Waals surface area contributed by atoms with Crippen molar-refractivity contribution in [2.45, 2.75) is 6.92 Å². The quantitative estimate of drug-likeness (QED) is 0.711. The minimum absolute atomic E-state index is 0.538. The SMILES string of the molecule is Cc1cn(-c2ccccc2)nc1-c1cncc(C#N)c1. The van der Waals surface area contributed by atoms with Crippen LogP contribution in [0, 0.1) is 18.3 Å². The van der Waals surface area contributed by atoms with Crippen LogP contribution in [0.1, 0.15) is 11.1 Å². The highest BCUT2D eigenvalue weighted by molar-refractivity contribution is 5.63. The second kappa shape index (κ2) is 4.98. The molecule has 4 heteroatoms. The Kier molecular flexibility index (Phi) is 3.02. The number of hydrogen-bond acceptors (Lipinski definition) is 3. The molecule has 3 aromatic rings. The Morgan fingerprint density at radius 3 is 2.70 bits per heavy atom. The van der Waals surface area contributed by atoms with E-state index < -0.39 is 0 Å². The molecule has 0 saturated carbocycles. The Morgan fingerprint density at radius 1 is 1.15 bits per heavy atom. The van der Waals surface area contributed by atoms with E-state index in [2.05, 4.69) is 16.2 Å². The van der Waals surface area contributed by atoms with Crippen molar-refractivity contribution < 1.29 is 0 Å². The normalized spacial score (nSPS) is 10.2. The molecule has 0 radical (unpaired) electrons. The molecule has 0 fully saturated rings. The molecule has 0 spiro atoms. The highest BCUT2D eigenvalue weighted by Gasteiger charge is 2.09. The van der Waals surface area contributed by atoms with Gasteiger partial charge in [-0.3, -0.25) is 4.98 Å². The molecule has 20 heavy (non-hydrogen) atoms. The van der Waals surface area contributed by atoms with Crippen molar-refractivity contribution in [3.63, 3.8) is 0 Å². The molecule has 3 rings (SSSR count). The smallest absolute Gasteiger partial charge is 0.101 e. The summed E-state index contributed by atoms with van der Waals surface area (Å²) in [6.07, 6.45) is 5.25. The van der Waals surface area contributed by atoms with Crippen molar-refractivity contribution in [2.75, 3.05) is 0 Å². The fourth-order valence-electron chi connectivity index (χ4n) is 2.09. The second-order valence-corrected chi connectivity index (χ2v) is 4.51. The van der Waals surface area contributed by atoms with E-state index in [0.717, 1.165) is 22.5 Å². The third kappa shape index (κ3) is 2.17. The van der Waals surface area contributed by atoms with Crippen molar-refractivity contribution in [1.82, 2.24) is 14.8 Å². The van der Waals surface area contributed by atoms with Gasteiger partial charge >= 0.3 is 0 Å². The summed E-state index contributed by atoms with van der Waals surface area (Å²) in [7, 11) is 0. The van der Waals surface area contributed by atoms with Crippen LogP contribution in [0.4, 0.5) is 0 Å². The summed E-state index contributed by atoms with van der Waals surface area (Å²) < 4.78 is 1.84. The van der Waals surface area contributed by atoms with Gasteiger partial charge in [0.05, 0.1) is 16.9 Å². The number of nitrogens with zero attached hydrogens (tertiary/aromatic N) is 4. The number of aryl methyl sites for hydroxylation is 1. The highest BCUT2D eigenvalue weighted by Crippen LogP contribution is 2.22. The van der Waals surface area contributed by atoms with Gasteiger partial charge in [0.1, 0.15) is 6.07 Å². The number of para-hydroxylation sites is 1. The van der Waals surface area contributed by atoms with Crippen LogP contribution in [0.5, 0.6) is 0 Å². The maximum atomic E-state index is 8.95. The summed E-state index contributed by atoms with van der Waals surface area (Å²) >= 11 is 0. The topological polar surface area (TPSA) is 54.5 Å². The van der Waals surface area contributed by atoms with Gasteiger partial charge in [0.25, 0.3) is 0 Å². The van der Waals surface area contributed by atoms with E-state index in [0.29, 0.717) is 5.56 Å². The van der Waals surface area contributed by atoms with Crippen LogP contribution >= 0.6 is 0 Å². The lowest BCUT2D eigenvalue weighted by Crippen LogP contribution is -1.94. The maximum Gasteiger partial charge on any atom is 0.101 e. The molecule has 96 valence electrons. The van der Waals surface area contributed by atoms with Gasteiger partial charge in [-0.2, -0.15) is 10.4 Å². The van der Waals surface area contributed by atoms with Gasteiger partial charge < -0.3 is 0 Å². The lowest BCUT2D eigenvalue weighted by atomic mass is 10.1. The second-order valence-electron chi connectivity index (χ2n) is 4.51. The van der Waals surface area contributed by atoms with Crippen LogP contribution < -0.4 is 0 Å². The Morgan fingerprint density at radius 2 is 1.95 bits per heavy atom. The number of benzene rings is 1. The summed E-state index contributed by atoms with van der Waals surface area (Å²) in [6.45, 7) is 2.00. The van der Waals surface area contributed by atoms with Crippen LogP contribution in [-0.2, 0) is 0 Å². The first-order chi connectivity index (χ1) is 9.78. The Balaban J connectivity index is 2.08. The van der Waals surface area contributed by atoms with Crippen molar-refractivity contribution in [3.05, 3.63) is 66.1 Å². The lowest BCUT2D eigenvalue weighted by Gasteiger charge is -2.00. The van der Waals surface area contributed by atoms with Crippen molar-refractivity contribution >= 4 is 0 Å². The van der Waals surface area contributed by atoms with Gasteiger partial charge in [-0.25, -0.2) is 4.68 Å². The fourth-order valence-corrected chi connectivity index (χ4v) is 2.09. The lowest BCUT2D eigenvalue weighted by molar-refractivity contribution is 0.883. The molecule has 4 nitrogen and oxygen atoms in total. The number of aromatic nitrogens is 3. The minimum Gasteiger partial charge on any atom is -0.263 e. The zero-order chi connectivity index (χ0) is 13.9. The van der Waals surface area contributed by atoms with E-state index in [1.165, 1.54) is 0 Å². The van der Waals surface area contributed by atoms with Crippen LogP contribution in [0.15, 0.2) is 55.0 Å². The molecule has 0 aliphatic rings. The number of hydrogen-bond donors (Lipinski definition) is 0. The zero-order valence-corrected chi connectivity index (χ0v) is 11.0. The molecule has 0 saturated heterocycles. The summed E-state index contributed by atoms with van der Waals surface area (Å²) in [5.41, 5.74) is 4.29. The molecular formula is C16H12N4. The zero-order valence-electron chi connectivity index (χ0n) is 11.0. The first-order valence-corrected chi connectivity index (χ1v) is 6.25. The van der Waals surface area contributed by atoms with Gasteiger partial charge in [-0.1, -0.05) is 18.2 Å². The van der Waals surface area contributed by atoms with E-state index in [1.807, 2.05) is 48.1 Å². The standard InChI is InChI=1S/C16H12N4/c1-12-11-20(15-5-3-2-4-6-15)19-16(12)14-7-13(8-17)9-18-10-14/h2-7,9-11H,1H3. The van der Waals surface area contributed by atoms with Crippen LogP contribution in [0.3, 0.4) is 0 Å². The molecule has 0 amide bonds. The highest BCUT2D eigenvalue weighted by atomic mass is 15.3. The fraction of sp³-hybridized carbons (Fsp3) is 0.0625. The average Bonchev–Trinajstić information content (AvgIpc) is 2.90. The first-order valence-electron chi connectivity index (χ1n) is 6.25. The van der Waals surface area contributed by atoms with E-state index in [1.54, 1.807) is 18.5 Å². The van der Waals surface area contributed by atoms with Crippen molar-refractivity contribution in [2.24, 2.45) is 0 Å². The largest absolute Gasteiger partial charge is 0.263 e. The molecule has 2 heterocycles. The van der Waals surface area contributed by atoms with Gasteiger partial charge in [0.15, 0.2) is 0 Å². The van der Waals surface area contributed by atoms with E-state index >= 15 is 0 Å². The van der Waals surface area contributed by atoms with Gasteiger partial charge in [-0.15, -0.1) is 0 Å². The molecule has 0 atom stereocenters. The molecule has 2 aromatic heterocycles. The van der Waals surface area contributed by atoms with E-state index in [9.17, 15) is 0 Å². The minimum atomic E-state index is 0.538. The molecular weight excluding hydrogens is 248 g/mol. The Labute approximate surface area is 116 Å². The van der Waals surface area contributed by atoms with Crippen LogP contribution in [-0.4, -0.2) is 14.8 Å². The predicted molar refractivity (Wildman–Crippen MR) is 76.2 cm³/mol. The molecule has 0 aliphatic carbocycles. The number of pyridine rings is 1. The molecule has 0 bridgehead atoms. The third-order valence-corrected chi connectivity index (χ3v) is 3.06. The molecule has 0 N–H and O–H groups in total. The Hall–Kier alpha value is -2.93. The first kappa shape index (κ1) is 12.1. The Bertz CT molecular complexity index is 782. The maximum absolute atomic E-state index is 8.95. The molecule has 0 aliphatic heterocycles. The number of nitriles is 1. The van der Waals surface area contributed by atoms with E-state index in [4.69, 9.17) is 5.26 Å². The monoisotopic (exact) mass is 260 g/mol. The predicted octanol–water partition coefficient (Wildman–Crippen LogP) is 3.11. The van der Waals surface area contributed by atoms with Crippen molar-refractivity contribution in [1.29, 1.82) is 5.26 Å². The van der Waals surface area contributed by atoms with Gasteiger partial charge in [0.2, 0.25) is 0 Å². The number of rotatable bonds is 2. The molecule has 1 aromatic carbocycles. The summed E-state index contributed by atoms with van der Waals surface area (Å²) in [5, 5.41) is 13.5. The average molecular weight is 260 g/mol. The molecule has 0 unspecified atom stereocenters. The van der Waals surface area contributed by atoms with E-state index in [-0.39, 0.29) is 0 Å². The van der Waals surface area contributed by atoms with Crippen molar-refractivity contribution in [3.8, 4) is 23.0 Å². The summed E-state index contributed by atoms with van der Waals surface area (Å²) in [5.74, 6) is 0. The summed E-state index contributed by atoms with van der Waals surface area (Å²) in [6, 6.07) is 13.8. The van der Waals surface area contributed by atoms with Gasteiger partial charge in [0, 0.05) is 24.2 Å². The van der Waals surface area contributed by atoms with Gasteiger partial charge in [-0.05, 0) is 30.7 Å². The van der Waals surface area contributed by atoms with Crippen LogP contribution in [0.25, 0.3) is 16.9 Å². The van der Waals surface area contributed by atoms with Crippen LogP contribution in [0.2, 0.25) is 0 Å². The third-order valence-electron chi connectivity index (χ3n) is 3.06.